The van der Waals surface area contributed by atoms with Crippen molar-refractivity contribution in [1.29, 1.82) is 0 Å². The van der Waals surface area contributed by atoms with Crippen molar-refractivity contribution >= 4 is 23.0 Å². The van der Waals surface area contributed by atoms with Crippen molar-refractivity contribution in [2.45, 2.75) is 13.8 Å². The monoisotopic (exact) mass is 352 g/mol. The van der Waals surface area contributed by atoms with Crippen molar-refractivity contribution in [2.75, 3.05) is 55.3 Å². The number of amides is 1. The molecular formula is C21H28N4O. The number of nitrogens with one attached hydrogen (secondary N) is 2. The van der Waals surface area contributed by atoms with E-state index in [2.05, 4.69) is 65.6 Å². The highest BCUT2D eigenvalue weighted by molar-refractivity contribution is 5.93. The molecule has 0 spiro atoms. The molecule has 1 aliphatic rings. The lowest BCUT2D eigenvalue weighted by Gasteiger charge is -2.34. The summed E-state index contributed by atoms with van der Waals surface area (Å²) >= 11 is 0. The summed E-state index contributed by atoms with van der Waals surface area (Å²) in [5.74, 6) is -0.0458. The zero-order valence-electron chi connectivity index (χ0n) is 15.9. The Bertz CT molecular complexity index is 749. The van der Waals surface area contributed by atoms with E-state index in [0.717, 1.165) is 37.6 Å². The van der Waals surface area contributed by atoms with Crippen molar-refractivity contribution in [1.82, 2.24) is 4.90 Å². The van der Waals surface area contributed by atoms with Crippen molar-refractivity contribution in [3.8, 4) is 0 Å². The maximum Gasteiger partial charge on any atom is 0.243 e. The maximum absolute atomic E-state index is 12.2. The van der Waals surface area contributed by atoms with Crippen LogP contribution in [0.3, 0.4) is 0 Å². The molecule has 2 N–H and O–H groups in total. The average Bonchev–Trinajstić information content (AvgIpc) is 2.64. The van der Waals surface area contributed by atoms with E-state index >= 15 is 0 Å². The standard InChI is InChI=1S/C21H28N4O/c1-16-4-5-19(14-17(16)2)22-15-21(26)23-18-6-8-20(9-7-18)25-12-10-24(3)11-13-25/h4-9,14,22H,10-13,15H2,1-3H3,(H,23,26). The Hall–Kier alpha value is -2.53. The van der Waals surface area contributed by atoms with Crippen molar-refractivity contribution in [3.63, 3.8) is 0 Å². The highest BCUT2D eigenvalue weighted by Crippen LogP contribution is 2.19. The first-order valence-electron chi connectivity index (χ1n) is 9.16. The summed E-state index contributed by atoms with van der Waals surface area (Å²) < 4.78 is 0. The first-order valence-corrected chi connectivity index (χ1v) is 9.16. The third-order valence-electron chi connectivity index (χ3n) is 4.98. The second kappa shape index (κ2) is 8.23. The Kier molecular flexibility index (Phi) is 5.78. The number of hydrogen-bond donors (Lipinski definition) is 2. The Balaban J connectivity index is 1.50. The highest BCUT2D eigenvalue weighted by Gasteiger charge is 2.14. The van der Waals surface area contributed by atoms with E-state index in [9.17, 15) is 4.79 Å². The molecule has 5 heteroatoms. The van der Waals surface area contributed by atoms with Gasteiger partial charge in [-0.1, -0.05) is 6.07 Å². The average molecular weight is 352 g/mol. The summed E-state index contributed by atoms with van der Waals surface area (Å²) in [6, 6.07) is 14.2. The van der Waals surface area contributed by atoms with Crippen molar-refractivity contribution in [3.05, 3.63) is 53.6 Å². The molecule has 0 saturated carbocycles. The van der Waals surface area contributed by atoms with E-state index < -0.39 is 0 Å². The first kappa shape index (κ1) is 18.3. The van der Waals surface area contributed by atoms with E-state index in [1.165, 1.54) is 16.8 Å². The molecule has 1 saturated heterocycles. The molecule has 2 aromatic carbocycles. The fourth-order valence-electron chi connectivity index (χ4n) is 3.06. The molecule has 0 radical (unpaired) electrons. The van der Waals surface area contributed by atoms with Gasteiger partial charge in [-0.3, -0.25) is 4.79 Å². The van der Waals surface area contributed by atoms with Crippen LogP contribution < -0.4 is 15.5 Å². The van der Waals surface area contributed by atoms with Gasteiger partial charge < -0.3 is 20.4 Å². The van der Waals surface area contributed by atoms with Crippen LogP contribution in [0, 0.1) is 13.8 Å². The quantitative estimate of drug-likeness (QED) is 0.868. The lowest BCUT2D eigenvalue weighted by atomic mass is 10.1. The summed E-state index contributed by atoms with van der Waals surface area (Å²) in [7, 11) is 2.15. The zero-order chi connectivity index (χ0) is 18.5. The summed E-state index contributed by atoms with van der Waals surface area (Å²) in [6.07, 6.45) is 0. The number of nitrogens with zero attached hydrogens (tertiary/aromatic N) is 2. The summed E-state index contributed by atoms with van der Waals surface area (Å²) in [5.41, 5.74) is 5.48. The molecule has 0 bridgehead atoms. The van der Waals surface area contributed by atoms with Gasteiger partial charge in [0.25, 0.3) is 0 Å². The normalized spacial score (nSPS) is 15.0. The molecule has 138 valence electrons. The van der Waals surface area contributed by atoms with Gasteiger partial charge in [0.1, 0.15) is 0 Å². The van der Waals surface area contributed by atoms with E-state index in [4.69, 9.17) is 0 Å². The number of benzene rings is 2. The number of hydrogen-bond acceptors (Lipinski definition) is 4. The molecule has 0 atom stereocenters. The maximum atomic E-state index is 12.2. The predicted molar refractivity (Wildman–Crippen MR) is 109 cm³/mol. The zero-order valence-corrected chi connectivity index (χ0v) is 15.9. The van der Waals surface area contributed by atoms with Crippen LogP contribution >= 0.6 is 0 Å². The van der Waals surface area contributed by atoms with Crippen LogP contribution in [-0.2, 0) is 4.79 Å². The molecule has 0 aromatic heterocycles. The highest BCUT2D eigenvalue weighted by atomic mass is 16.1. The SMILES string of the molecule is Cc1ccc(NCC(=O)Nc2ccc(N3CCN(C)CC3)cc2)cc1C. The summed E-state index contributed by atoms with van der Waals surface area (Å²) in [4.78, 5) is 16.9. The lowest BCUT2D eigenvalue weighted by molar-refractivity contribution is -0.114. The fourth-order valence-corrected chi connectivity index (χ4v) is 3.06. The Morgan fingerprint density at radius 3 is 2.23 bits per heavy atom. The van der Waals surface area contributed by atoms with Crippen molar-refractivity contribution in [2.24, 2.45) is 0 Å². The summed E-state index contributed by atoms with van der Waals surface area (Å²) in [6.45, 7) is 8.67. The third-order valence-corrected chi connectivity index (χ3v) is 4.98. The number of aryl methyl sites for hydroxylation is 2. The fraction of sp³-hybridized carbons (Fsp3) is 0.381. The molecule has 3 rings (SSSR count). The lowest BCUT2D eigenvalue weighted by Crippen LogP contribution is -2.44. The molecule has 1 aliphatic heterocycles. The number of piperazine rings is 1. The van der Waals surface area contributed by atoms with Crippen LogP contribution in [0.25, 0.3) is 0 Å². The minimum absolute atomic E-state index is 0.0458. The molecule has 5 nitrogen and oxygen atoms in total. The first-order chi connectivity index (χ1) is 12.5. The Morgan fingerprint density at radius 2 is 1.58 bits per heavy atom. The number of anilines is 3. The molecule has 1 fully saturated rings. The number of carbonyl (C=O) groups excluding carboxylic acids is 1. The van der Waals surface area contributed by atoms with E-state index in [1.54, 1.807) is 0 Å². The largest absolute Gasteiger partial charge is 0.376 e. The molecule has 1 amide bonds. The third kappa shape index (κ3) is 4.76. The Morgan fingerprint density at radius 1 is 0.923 bits per heavy atom. The van der Waals surface area contributed by atoms with E-state index in [1.807, 2.05) is 18.2 Å². The van der Waals surface area contributed by atoms with Crippen LogP contribution in [0.4, 0.5) is 17.1 Å². The minimum Gasteiger partial charge on any atom is -0.376 e. The van der Waals surface area contributed by atoms with E-state index in [-0.39, 0.29) is 12.5 Å². The van der Waals surface area contributed by atoms with Gasteiger partial charge in [-0.05, 0) is 68.4 Å². The molecular weight excluding hydrogens is 324 g/mol. The molecule has 2 aromatic rings. The predicted octanol–water partition coefficient (Wildman–Crippen LogP) is 3.11. The Labute approximate surface area is 156 Å². The van der Waals surface area contributed by atoms with Crippen LogP contribution in [0.2, 0.25) is 0 Å². The van der Waals surface area contributed by atoms with Crippen molar-refractivity contribution < 1.29 is 4.79 Å². The van der Waals surface area contributed by atoms with Crippen LogP contribution in [0.5, 0.6) is 0 Å². The van der Waals surface area contributed by atoms with Gasteiger partial charge >= 0.3 is 0 Å². The van der Waals surface area contributed by atoms with Gasteiger partial charge in [0.2, 0.25) is 5.91 Å². The number of carbonyl (C=O) groups is 1. The van der Waals surface area contributed by atoms with Gasteiger partial charge in [-0.25, -0.2) is 0 Å². The van der Waals surface area contributed by atoms with Crippen LogP contribution in [-0.4, -0.2) is 50.6 Å². The second-order valence-electron chi connectivity index (χ2n) is 7.04. The van der Waals surface area contributed by atoms with E-state index in [0.29, 0.717) is 0 Å². The number of likely N-dealkylation sites (N-methyl/N-ethyl adjacent to an activating group) is 1. The summed E-state index contributed by atoms with van der Waals surface area (Å²) in [5, 5.41) is 6.12. The van der Waals surface area contributed by atoms with Gasteiger partial charge in [0.05, 0.1) is 6.54 Å². The molecule has 26 heavy (non-hydrogen) atoms. The second-order valence-corrected chi connectivity index (χ2v) is 7.04. The number of rotatable bonds is 5. The minimum atomic E-state index is -0.0458. The molecule has 1 heterocycles. The van der Waals surface area contributed by atoms with Crippen LogP contribution in [0.1, 0.15) is 11.1 Å². The molecule has 0 aliphatic carbocycles. The van der Waals surface area contributed by atoms with Gasteiger partial charge in [-0.2, -0.15) is 0 Å². The van der Waals surface area contributed by atoms with Gasteiger partial charge in [0.15, 0.2) is 0 Å². The van der Waals surface area contributed by atoms with Gasteiger partial charge in [-0.15, -0.1) is 0 Å². The van der Waals surface area contributed by atoms with Gasteiger partial charge in [0, 0.05) is 43.2 Å². The smallest absolute Gasteiger partial charge is 0.243 e. The van der Waals surface area contributed by atoms with Crippen LogP contribution in [0.15, 0.2) is 42.5 Å². The molecule has 0 unspecified atom stereocenters. The topological polar surface area (TPSA) is 47.6 Å².